The minimum Gasteiger partial charge on any atom is -0.465 e. The zero-order valence-electron chi connectivity index (χ0n) is 19.0. The zero-order valence-corrected chi connectivity index (χ0v) is 20.6. The van der Waals surface area contributed by atoms with Gasteiger partial charge in [0, 0.05) is 18.0 Å². The number of ether oxygens (including phenoxy) is 1. The van der Waals surface area contributed by atoms with Gasteiger partial charge in [0.2, 0.25) is 5.78 Å². The average Bonchev–Trinajstić information content (AvgIpc) is 3.39. The standard InChI is InChI=1S/C23H23N5O4S2/c1-4-32-21(31)18(13(2)29)34-23-25-24-22-27(14-8-6-5-7-9-14)19(30)17-15-10-11-26(3)12-16(15)33-20(17)28(22)23/h5-9,18H,4,10-12H2,1-3H3. The van der Waals surface area contributed by atoms with Gasteiger partial charge in [-0.05, 0) is 45.0 Å². The van der Waals surface area contributed by atoms with E-state index in [2.05, 4.69) is 22.1 Å². The topological polar surface area (TPSA) is 98.8 Å². The number of hydrogen-bond acceptors (Lipinski definition) is 9. The molecule has 0 saturated heterocycles. The second-order valence-corrected chi connectivity index (χ2v) is 10.3. The Morgan fingerprint density at radius 1 is 1.24 bits per heavy atom. The van der Waals surface area contributed by atoms with E-state index < -0.39 is 11.2 Å². The Morgan fingerprint density at radius 3 is 2.71 bits per heavy atom. The highest BCUT2D eigenvalue weighted by molar-refractivity contribution is 8.01. The molecule has 1 aliphatic rings. The first-order valence-electron chi connectivity index (χ1n) is 10.9. The van der Waals surface area contributed by atoms with Crippen molar-refractivity contribution in [2.45, 2.75) is 37.2 Å². The van der Waals surface area contributed by atoms with Crippen molar-refractivity contribution < 1.29 is 14.3 Å². The summed E-state index contributed by atoms with van der Waals surface area (Å²) in [5, 5.41) is 8.58. The second kappa shape index (κ2) is 8.97. The first-order valence-corrected chi connectivity index (χ1v) is 12.6. The molecule has 0 fully saturated rings. The quantitative estimate of drug-likeness (QED) is 0.228. The maximum Gasteiger partial charge on any atom is 0.327 e. The molecule has 0 amide bonds. The van der Waals surface area contributed by atoms with Crippen LogP contribution in [0.1, 0.15) is 24.3 Å². The van der Waals surface area contributed by atoms with Gasteiger partial charge in [-0.2, -0.15) is 0 Å². The summed E-state index contributed by atoms with van der Waals surface area (Å²) >= 11 is 2.54. The molecule has 0 bridgehead atoms. The van der Waals surface area contributed by atoms with E-state index in [1.807, 2.05) is 30.3 Å². The van der Waals surface area contributed by atoms with Gasteiger partial charge < -0.3 is 9.64 Å². The van der Waals surface area contributed by atoms with Crippen molar-refractivity contribution in [2.75, 3.05) is 20.2 Å². The second-order valence-electron chi connectivity index (χ2n) is 8.13. The number of fused-ring (bicyclic) bond motifs is 5. The summed E-state index contributed by atoms with van der Waals surface area (Å²) in [5.41, 5.74) is 1.57. The Labute approximate surface area is 203 Å². The van der Waals surface area contributed by atoms with Crippen LogP contribution in [-0.4, -0.2) is 61.3 Å². The molecule has 0 saturated carbocycles. The molecule has 4 aromatic rings. The fourth-order valence-corrected chi connectivity index (χ4v) is 6.57. The van der Waals surface area contributed by atoms with Crippen molar-refractivity contribution in [3.63, 3.8) is 0 Å². The number of Topliss-reactive ketones (excluding diaryl/α,β-unsaturated/α-hetero) is 1. The van der Waals surface area contributed by atoms with Gasteiger partial charge in [0.05, 0.1) is 17.7 Å². The molecule has 11 heteroatoms. The number of likely N-dealkylation sites (N-methyl/N-ethyl adjacent to an activating group) is 1. The van der Waals surface area contributed by atoms with E-state index in [-0.39, 0.29) is 17.9 Å². The van der Waals surface area contributed by atoms with Crippen LogP contribution in [0.25, 0.3) is 21.7 Å². The Kier molecular flexibility index (Phi) is 6.00. The van der Waals surface area contributed by atoms with Crippen LogP contribution < -0.4 is 5.56 Å². The number of thiophene rings is 1. The van der Waals surface area contributed by atoms with Gasteiger partial charge in [0.15, 0.2) is 16.2 Å². The van der Waals surface area contributed by atoms with Gasteiger partial charge in [0.1, 0.15) is 4.83 Å². The molecule has 0 radical (unpaired) electrons. The van der Waals surface area contributed by atoms with E-state index in [0.29, 0.717) is 22.0 Å². The zero-order chi connectivity index (χ0) is 24.0. The van der Waals surface area contributed by atoms with Crippen LogP contribution in [0.5, 0.6) is 0 Å². The molecule has 34 heavy (non-hydrogen) atoms. The Morgan fingerprint density at radius 2 is 2.00 bits per heavy atom. The third-order valence-electron chi connectivity index (χ3n) is 5.77. The third kappa shape index (κ3) is 3.73. The summed E-state index contributed by atoms with van der Waals surface area (Å²) in [6, 6.07) is 9.29. The molecule has 0 spiro atoms. The van der Waals surface area contributed by atoms with Crippen LogP contribution in [0.2, 0.25) is 0 Å². The highest BCUT2D eigenvalue weighted by Gasteiger charge is 2.31. The Hall–Kier alpha value is -3.02. The largest absolute Gasteiger partial charge is 0.465 e. The SMILES string of the molecule is CCOC(=O)C(Sc1nnc2n(-c3ccccc3)c(=O)c3c4c(sc3n12)CN(C)CC4)C(C)=O. The Bertz CT molecular complexity index is 1470. The summed E-state index contributed by atoms with van der Waals surface area (Å²) in [6.45, 7) is 4.84. The first-order chi connectivity index (χ1) is 16.4. The van der Waals surface area contributed by atoms with E-state index in [0.717, 1.165) is 46.5 Å². The van der Waals surface area contributed by atoms with Gasteiger partial charge in [-0.3, -0.25) is 14.4 Å². The molecule has 9 nitrogen and oxygen atoms in total. The van der Waals surface area contributed by atoms with E-state index in [4.69, 9.17) is 4.74 Å². The van der Waals surface area contributed by atoms with Crippen LogP contribution in [0.15, 0.2) is 40.3 Å². The lowest BCUT2D eigenvalue weighted by Crippen LogP contribution is -2.28. The highest BCUT2D eigenvalue weighted by Crippen LogP contribution is 2.36. The maximum atomic E-state index is 13.8. The smallest absolute Gasteiger partial charge is 0.327 e. The predicted octanol–water partition coefficient (Wildman–Crippen LogP) is 2.70. The van der Waals surface area contributed by atoms with Crippen LogP contribution in [0.4, 0.5) is 0 Å². The van der Waals surface area contributed by atoms with E-state index in [1.165, 1.54) is 18.3 Å². The molecule has 1 aromatic carbocycles. The van der Waals surface area contributed by atoms with Crippen LogP contribution in [0, 0.1) is 0 Å². The van der Waals surface area contributed by atoms with Crippen molar-refractivity contribution in [1.29, 1.82) is 0 Å². The molecule has 0 N–H and O–H groups in total. The fraction of sp³-hybridized carbons (Fsp3) is 0.348. The predicted molar refractivity (Wildman–Crippen MR) is 131 cm³/mol. The van der Waals surface area contributed by atoms with Gasteiger partial charge in [-0.1, -0.05) is 30.0 Å². The minimum absolute atomic E-state index is 0.145. The number of carbonyl (C=O) groups excluding carboxylic acids is 2. The number of nitrogens with zero attached hydrogens (tertiary/aromatic N) is 5. The van der Waals surface area contributed by atoms with Crippen molar-refractivity contribution in [3.05, 3.63) is 51.1 Å². The molecule has 4 heterocycles. The van der Waals surface area contributed by atoms with Crippen LogP contribution >= 0.6 is 23.1 Å². The molecule has 3 aromatic heterocycles. The molecule has 1 atom stereocenters. The molecule has 176 valence electrons. The lowest BCUT2D eigenvalue weighted by atomic mass is 10.1. The number of para-hydroxylation sites is 1. The number of benzene rings is 1. The number of carbonyl (C=O) groups is 2. The normalized spacial score (nSPS) is 14.9. The summed E-state index contributed by atoms with van der Waals surface area (Å²) in [4.78, 5) is 42.7. The van der Waals surface area contributed by atoms with Crippen molar-refractivity contribution in [1.82, 2.24) is 24.1 Å². The fourth-order valence-electron chi connectivity index (χ4n) is 4.19. The summed E-state index contributed by atoms with van der Waals surface area (Å²) < 4.78 is 8.46. The number of esters is 1. The lowest BCUT2D eigenvalue weighted by molar-refractivity contribution is -0.144. The third-order valence-corrected chi connectivity index (χ3v) is 8.21. The molecule has 1 aliphatic heterocycles. The minimum atomic E-state index is -1.07. The number of thioether (sulfide) groups is 1. The monoisotopic (exact) mass is 497 g/mol. The molecule has 1 unspecified atom stereocenters. The summed E-state index contributed by atoms with van der Waals surface area (Å²) in [5.74, 6) is -0.610. The van der Waals surface area contributed by atoms with Crippen LogP contribution in [0.3, 0.4) is 0 Å². The number of aromatic nitrogens is 4. The summed E-state index contributed by atoms with van der Waals surface area (Å²) in [7, 11) is 2.06. The van der Waals surface area contributed by atoms with E-state index in [9.17, 15) is 14.4 Å². The number of rotatable bonds is 6. The molecule has 5 rings (SSSR count). The first kappa shape index (κ1) is 22.8. The van der Waals surface area contributed by atoms with E-state index >= 15 is 0 Å². The van der Waals surface area contributed by atoms with Gasteiger partial charge in [0.25, 0.3) is 5.56 Å². The van der Waals surface area contributed by atoms with Gasteiger partial charge in [-0.15, -0.1) is 21.5 Å². The maximum absolute atomic E-state index is 13.8. The molecular weight excluding hydrogens is 474 g/mol. The molecule has 0 aliphatic carbocycles. The Balaban J connectivity index is 1.80. The van der Waals surface area contributed by atoms with Crippen LogP contribution in [-0.2, 0) is 27.3 Å². The van der Waals surface area contributed by atoms with Crippen molar-refractivity contribution in [3.8, 4) is 5.69 Å². The van der Waals surface area contributed by atoms with Gasteiger partial charge in [-0.25, -0.2) is 8.97 Å². The van der Waals surface area contributed by atoms with Crippen molar-refractivity contribution in [2.24, 2.45) is 0 Å². The number of hydrogen-bond donors (Lipinski definition) is 0. The average molecular weight is 498 g/mol. The summed E-state index contributed by atoms with van der Waals surface area (Å²) in [6.07, 6.45) is 0.769. The lowest BCUT2D eigenvalue weighted by Gasteiger charge is -2.21. The van der Waals surface area contributed by atoms with Crippen molar-refractivity contribution >= 4 is 50.8 Å². The molecular formula is C23H23N5O4S2. The van der Waals surface area contributed by atoms with E-state index in [1.54, 1.807) is 15.9 Å². The number of ketones is 1. The highest BCUT2D eigenvalue weighted by atomic mass is 32.2. The van der Waals surface area contributed by atoms with Gasteiger partial charge >= 0.3 is 5.97 Å².